The van der Waals surface area contributed by atoms with Crippen molar-refractivity contribution in [3.8, 4) is 11.3 Å². The van der Waals surface area contributed by atoms with E-state index in [9.17, 15) is 0 Å². The lowest BCUT2D eigenvalue weighted by molar-refractivity contribution is 1.26. The third-order valence-electron chi connectivity index (χ3n) is 1.98. The van der Waals surface area contributed by atoms with Crippen LogP contribution in [0.4, 0.5) is 0 Å². The number of rotatable bonds is 2. The van der Waals surface area contributed by atoms with Gasteiger partial charge in [-0.15, -0.1) is 17.0 Å². The van der Waals surface area contributed by atoms with Crippen LogP contribution in [0.1, 0.15) is 5.69 Å². The number of halogens is 1. The number of thiocarbonyl (C=S) groups is 1. The highest BCUT2D eigenvalue weighted by atomic mass is 79.9. The monoisotopic (exact) mass is 295 g/mol. The lowest BCUT2D eigenvalue weighted by Crippen LogP contribution is -2.13. The molecule has 3 nitrogen and oxygen atoms in total. The van der Waals surface area contributed by atoms with Gasteiger partial charge in [0, 0.05) is 18.0 Å². The number of hydrogen-bond donors (Lipinski definition) is 1. The van der Waals surface area contributed by atoms with Gasteiger partial charge in [0.05, 0.1) is 5.69 Å². The fourth-order valence-corrected chi connectivity index (χ4v) is 1.49. The van der Waals surface area contributed by atoms with E-state index in [0.29, 0.717) is 5.69 Å². The maximum atomic E-state index is 5.59. The van der Waals surface area contributed by atoms with Gasteiger partial charge in [-0.25, -0.2) is 0 Å². The molecule has 0 saturated heterocycles. The van der Waals surface area contributed by atoms with Crippen LogP contribution in [0.3, 0.4) is 0 Å². The molecule has 0 aliphatic carbocycles. The van der Waals surface area contributed by atoms with E-state index in [4.69, 9.17) is 18.0 Å². The molecule has 2 aromatic rings. The van der Waals surface area contributed by atoms with Crippen molar-refractivity contribution < 1.29 is 0 Å². The molecule has 0 amide bonds. The van der Waals surface area contributed by atoms with Crippen LogP contribution < -0.4 is 5.73 Å². The summed E-state index contributed by atoms with van der Waals surface area (Å²) in [5.41, 5.74) is 7.90. The Bertz CT molecular complexity index is 488. The summed E-state index contributed by atoms with van der Waals surface area (Å²) in [5, 5.41) is 0. The van der Waals surface area contributed by atoms with Crippen LogP contribution in [0, 0.1) is 0 Å². The third-order valence-corrected chi connectivity index (χ3v) is 2.18. The average molecular weight is 296 g/mol. The molecule has 0 saturated carbocycles. The molecule has 0 unspecified atom stereocenters. The van der Waals surface area contributed by atoms with Gasteiger partial charge in [0.15, 0.2) is 0 Å². The van der Waals surface area contributed by atoms with Crippen LogP contribution in [-0.2, 0) is 0 Å². The molecule has 0 bridgehead atoms. The summed E-state index contributed by atoms with van der Waals surface area (Å²) in [4.78, 5) is 8.67. The van der Waals surface area contributed by atoms with Gasteiger partial charge in [0.2, 0.25) is 0 Å². The van der Waals surface area contributed by atoms with Crippen molar-refractivity contribution in [2.45, 2.75) is 0 Å². The van der Waals surface area contributed by atoms with Crippen molar-refractivity contribution in [1.82, 2.24) is 9.97 Å². The molecule has 0 aromatic carbocycles. The molecule has 0 atom stereocenters. The average Bonchev–Trinajstić information content (AvgIpc) is 2.30. The number of hydrogen-bond acceptors (Lipinski definition) is 3. The van der Waals surface area contributed by atoms with Gasteiger partial charge in [-0.3, -0.25) is 9.97 Å². The minimum atomic E-state index is 0. The van der Waals surface area contributed by atoms with E-state index in [-0.39, 0.29) is 22.0 Å². The van der Waals surface area contributed by atoms with Crippen LogP contribution in [0.2, 0.25) is 0 Å². The fourth-order valence-electron chi connectivity index (χ4n) is 1.33. The fraction of sp³-hybridized carbons (Fsp3) is 0. The molecule has 0 aliphatic rings. The van der Waals surface area contributed by atoms with Crippen LogP contribution >= 0.6 is 29.2 Å². The first-order valence-electron chi connectivity index (χ1n) is 4.45. The van der Waals surface area contributed by atoms with Crippen LogP contribution in [0.5, 0.6) is 0 Å². The molecule has 2 aromatic heterocycles. The normalized spacial score (nSPS) is 9.25. The third kappa shape index (κ3) is 2.62. The molecule has 0 radical (unpaired) electrons. The molecular formula is C11H10BrN3S. The van der Waals surface area contributed by atoms with E-state index in [1.54, 1.807) is 12.4 Å². The first-order valence-corrected chi connectivity index (χ1v) is 4.86. The molecule has 2 heterocycles. The van der Waals surface area contributed by atoms with E-state index in [2.05, 4.69) is 9.97 Å². The highest BCUT2D eigenvalue weighted by Gasteiger charge is 2.08. The van der Waals surface area contributed by atoms with Gasteiger partial charge in [-0.05, 0) is 24.3 Å². The summed E-state index contributed by atoms with van der Waals surface area (Å²) in [6.45, 7) is 0. The molecule has 82 valence electrons. The Morgan fingerprint density at radius 1 is 1.06 bits per heavy atom. The van der Waals surface area contributed by atoms with Crippen LogP contribution in [0.15, 0.2) is 42.7 Å². The van der Waals surface area contributed by atoms with Gasteiger partial charge < -0.3 is 5.73 Å². The second-order valence-corrected chi connectivity index (χ2v) is 3.42. The summed E-state index contributed by atoms with van der Waals surface area (Å²) in [7, 11) is 0. The van der Waals surface area contributed by atoms with Crippen molar-refractivity contribution in [2.24, 2.45) is 5.73 Å². The van der Waals surface area contributed by atoms with E-state index in [1.165, 1.54) is 0 Å². The zero-order chi connectivity index (χ0) is 10.7. The maximum absolute atomic E-state index is 5.59. The van der Waals surface area contributed by atoms with Gasteiger partial charge in [0.25, 0.3) is 0 Å². The van der Waals surface area contributed by atoms with Crippen molar-refractivity contribution in [2.75, 3.05) is 0 Å². The minimum absolute atomic E-state index is 0. The quantitative estimate of drug-likeness (QED) is 0.864. The first kappa shape index (κ1) is 12.7. The van der Waals surface area contributed by atoms with Crippen molar-refractivity contribution in [3.05, 3.63) is 48.4 Å². The van der Waals surface area contributed by atoms with Crippen LogP contribution in [-0.4, -0.2) is 15.0 Å². The zero-order valence-electron chi connectivity index (χ0n) is 8.33. The topological polar surface area (TPSA) is 51.8 Å². The Morgan fingerprint density at radius 3 is 2.44 bits per heavy atom. The Balaban J connectivity index is 0.00000128. The number of aromatic nitrogens is 2. The highest BCUT2D eigenvalue weighted by molar-refractivity contribution is 8.93. The Kier molecular flexibility index (Phi) is 4.52. The molecule has 16 heavy (non-hydrogen) atoms. The summed E-state index contributed by atoms with van der Waals surface area (Å²) in [6, 6.07) is 9.42. The lowest BCUT2D eigenvalue weighted by atomic mass is 10.1. The van der Waals surface area contributed by atoms with E-state index < -0.39 is 0 Å². The second-order valence-electron chi connectivity index (χ2n) is 2.98. The first-order chi connectivity index (χ1) is 7.29. The van der Waals surface area contributed by atoms with Crippen LogP contribution in [0.25, 0.3) is 11.3 Å². The second kappa shape index (κ2) is 5.67. The zero-order valence-corrected chi connectivity index (χ0v) is 10.9. The molecule has 2 N–H and O–H groups in total. The summed E-state index contributed by atoms with van der Waals surface area (Å²) < 4.78 is 0. The SMILES string of the molecule is Br.NC(=S)c1ncccc1-c1ccccn1. The Hall–Kier alpha value is -1.33. The molecule has 0 spiro atoms. The van der Waals surface area contributed by atoms with Gasteiger partial charge in [0.1, 0.15) is 10.7 Å². The predicted octanol–water partition coefficient (Wildman–Crippen LogP) is 2.36. The Labute approximate surface area is 110 Å². The Morgan fingerprint density at radius 2 is 1.81 bits per heavy atom. The standard InChI is InChI=1S/C11H9N3S.BrH/c12-11(15)10-8(4-3-7-14-10)9-5-1-2-6-13-9;/h1-7H,(H2,12,15);1H. The number of nitrogens with zero attached hydrogens (tertiary/aromatic N) is 2. The molecule has 0 fully saturated rings. The summed E-state index contributed by atoms with van der Waals surface area (Å²) in [6.07, 6.45) is 3.40. The summed E-state index contributed by atoms with van der Waals surface area (Å²) >= 11 is 4.94. The van der Waals surface area contributed by atoms with Gasteiger partial charge in [-0.1, -0.05) is 18.3 Å². The number of pyridine rings is 2. The minimum Gasteiger partial charge on any atom is -0.388 e. The molecular weight excluding hydrogens is 286 g/mol. The molecule has 0 aliphatic heterocycles. The van der Waals surface area contributed by atoms with Gasteiger partial charge in [-0.2, -0.15) is 0 Å². The van der Waals surface area contributed by atoms with Crippen molar-refractivity contribution in [1.29, 1.82) is 0 Å². The lowest BCUT2D eigenvalue weighted by Gasteiger charge is -2.05. The van der Waals surface area contributed by atoms with Crippen molar-refractivity contribution in [3.63, 3.8) is 0 Å². The smallest absolute Gasteiger partial charge is 0.123 e. The largest absolute Gasteiger partial charge is 0.388 e. The molecule has 5 heteroatoms. The van der Waals surface area contributed by atoms with Crippen molar-refractivity contribution >= 4 is 34.2 Å². The molecule has 2 rings (SSSR count). The van der Waals surface area contributed by atoms with E-state index >= 15 is 0 Å². The van der Waals surface area contributed by atoms with Gasteiger partial charge >= 0.3 is 0 Å². The number of nitrogens with two attached hydrogens (primary N) is 1. The predicted molar refractivity (Wildman–Crippen MR) is 73.7 cm³/mol. The maximum Gasteiger partial charge on any atom is 0.123 e. The summed E-state index contributed by atoms with van der Waals surface area (Å²) in [5.74, 6) is 0. The van der Waals surface area contributed by atoms with E-state index in [0.717, 1.165) is 11.3 Å². The van der Waals surface area contributed by atoms with E-state index in [1.807, 2.05) is 30.3 Å². The highest BCUT2D eigenvalue weighted by Crippen LogP contribution is 2.18.